The topological polar surface area (TPSA) is 81.8 Å². The summed E-state index contributed by atoms with van der Waals surface area (Å²) in [6, 6.07) is 20.9. The molecule has 6 nitrogen and oxygen atoms in total. The SMILES string of the molecule is COc1ccc(COc2cccnc2N=C(N)Nc2ccccc2)cc1. The van der Waals surface area contributed by atoms with E-state index in [0.29, 0.717) is 18.2 Å². The summed E-state index contributed by atoms with van der Waals surface area (Å²) in [7, 11) is 1.64. The Morgan fingerprint density at radius 1 is 1.04 bits per heavy atom. The normalized spacial score (nSPS) is 11.0. The van der Waals surface area contributed by atoms with Crippen molar-refractivity contribution in [3.05, 3.63) is 78.5 Å². The monoisotopic (exact) mass is 348 g/mol. The van der Waals surface area contributed by atoms with Crippen molar-refractivity contribution in [2.24, 2.45) is 10.7 Å². The molecule has 0 aliphatic heterocycles. The predicted molar refractivity (Wildman–Crippen MR) is 103 cm³/mol. The average Bonchev–Trinajstić information content (AvgIpc) is 2.68. The number of aromatic nitrogens is 1. The van der Waals surface area contributed by atoms with Gasteiger partial charge in [-0.05, 0) is 42.0 Å². The molecule has 2 aromatic carbocycles. The van der Waals surface area contributed by atoms with E-state index in [1.165, 1.54) is 0 Å². The van der Waals surface area contributed by atoms with Gasteiger partial charge in [0.05, 0.1) is 7.11 Å². The minimum atomic E-state index is 0.240. The molecule has 0 aliphatic rings. The van der Waals surface area contributed by atoms with E-state index in [4.69, 9.17) is 15.2 Å². The Labute approximate surface area is 152 Å². The third kappa shape index (κ3) is 4.73. The molecule has 0 bridgehead atoms. The second kappa shape index (κ2) is 8.53. The van der Waals surface area contributed by atoms with Gasteiger partial charge >= 0.3 is 0 Å². The fourth-order valence-electron chi connectivity index (χ4n) is 2.27. The molecule has 132 valence electrons. The molecule has 0 saturated carbocycles. The molecule has 1 aromatic heterocycles. The second-order valence-electron chi connectivity index (χ2n) is 5.45. The van der Waals surface area contributed by atoms with Crippen LogP contribution < -0.4 is 20.5 Å². The molecule has 26 heavy (non-hydrogen) atoms. The maximum Gasteiger partial charge on any atom is 0.200 e. The highest BCUT2D eigenvalue weighted by molar-refractivity contribution is 5.94. The molecule has 1 heterocycles. The van der Waals surface area contributed by atoms with E-state index in [0.717, 1.165) is 17.0 Å². The summed E-state index contributed by atoms with van der Waals surface area (Å²) in [5.74, 6) is 2.02. The van der Waals surface area contributed by atoms with Crippen molar-refractivity contribution in [1.82, 2.24) is 4.98 Å². The maximum atomic E-state index is 5.98. The number of rotatable bonds is 6. The largest absolute Gasteiger partial charge is 0.497 e. The highest BCUT2D eigenvalue weighted by Crippen LogP contribution is 2.25. The number of hydrogen-bond donors (Lipinski definition) is 2. The average molecular weight is 348 g/mol. The van der Waals surface area contributed by atoms with E-state index in [2.05, 4.69) is 15.3 Å². The molecule has 0 saturated heterocycles. The molecule has 6 heteroatoms. The Hall–Kier alpha value is -3.54. The van der Waals surface area contributed by atoms with Gasteiger partial charge in [-0.15, -0.1) is 0 Å². The Bertz CT molecular complexity index is 864. The lowest BCUT2D eigenvalue weighted by Crippen LogP contribution is -2.22. The van der Waals surface area contributed by atoms with Crippen molar-refractivity contribution in [3.8, 4) is 11.5 Å². The fourth-order valence-corrected chi connectivity index (χ4v) is 2.27. The zero-order valence-electron chi connectivity index (χ0n) is 14.4. The molecule has 0 unspecified atom stereocenters. The summed E-state index contributed by atoms with van der Waals surface area (Å²) in [4.78, 5) is 8.57. The summed E-state index contributed by atoms with van der Waals surface area (Å²) in [5, 5.41) is 3.02. The molecule has 0 atom stereocenters. The highest BCUT2D eigenvalue weighted by Gasteiger charge is 2.06. The predicted octanol–water partition coefficient (Wildman–Crippen LogP) is 3.73. The van der Waals surface area contributed by atoms with Crippen LogP contribution in [-0.2, 0) is 6.61 Å². The van der Waals surface area contributed by atoms with Crippen molar-refractivity contribution >= 4 is 17.5 Å². The number of guanidine groups is 1. The van der Waals surface area contributed by atoms with Crippen LogP contribution in [0.3, 0.4) is 0 Å². The molecule has 3 rings (SSSR count). The Morgan fingerprint density at radius 2 is 1.81 bits per heavy atom. The number of ether oxygens (including phenoxy) is 2. The Kier molecular flexibility index (Phi) is 5.67. The lowest BCUT2D eigenvalue weighted by Gasteiger charge is -2.10. The molecule has 0 aliphatic carbocycles. The number of pyridine rings is 1. The summed E-state index contributed by atoms with van der Waals surface area (Å²) in [6.07, 6.45) is 1.65. The number of para-hydroxylation sites is 1. The number of benzene rings is 2. The standard InChI is InChI=1S/C20H20N4O2/c1-25-17-11-9-15(10-12-17)14-26-18-8-5-13-22-19(18)24-20(21)23-16-6-3-2-4-7-16/h2-13H,14H2,1H3,(H3,21,22,23,24). The minimum Gasteiger partial charge on any atom is -0.497 e. The third-order valence-electron chi connectivity index (χ3n) is 3.58. The Balaban J connectivity index is 1.69. The zero-order chi connectivity index (χ0) is 18.2. The van der Waals surface area contributed by atoms with E-state index < -0.39 is 0 Å². The first kappa shape index (κ1) is 17.3. The molecule has 0 amide bonds. The number of anilines is 1. The van der Waals surface area contributed by atoms with Crippen LogP contribution >= 0.6 is 0 Å². The molecule has 0 spiro atoms. The van der Waals surface area contributed by atoms with Crippen LogP contribution in [0, 0.1) is 0 Å². The minimum absolute atomic E-state index is 0.240. The van der Waals surface area contributed by atoms with Crippen LogP contribution in [0.4, 0.5) is 11.5 Å². The lowest BCUT2D eigenvalue weighted by molar-refractivity contribution is 0.306. The van der Waals surface area contributed by atoms with Crippen molar-refractivity contribution in [1.29, 1.82) is 0 Å². The van der Waals surface area contributed by atoms with Gasteiger partial charge in [-0.1, -0.05) is 30.3 Å². The van der Waals surface area contributed by atoms with Crippen LogP contribution in [0.1, 0.15) is 5.56 Å². The quantitative estimate of drug-likeness (QED) is 0.524. The molecule has 0 radical (unpaired) electrons. The lowest BCUT2D eigenvalue weighted by atomic mass is 10.2. The number of nitrogens with two attached hydrogens (primary N) is 1. The van der Waals surface area contributed by atoms with Crippen LogP contribution in [0.15, 0.2) is 77.9 Å². The number of aliphatic imine (C=N–C) groups is 1. The maximum absolute atomic E-state index is 5.98. The summed E-state index contributed by atoms with van der Waals surface area (Å²) in [5.41, 5.74) is 7.84. The van der Waals surface area contributed by atoms with Gasteiger partial charge in [0.2, 0.25) is 0 Å². The number of hydrogen-bond acceptors (Lipinski definition) is 4. The van der Waals surface area contributed by atoms with Gasteiger partial charge in [-0.3, -0.25) is 0 Å². The summed E-state index contributed by atoms with van der Waals surface area (Å²) >= 11 is 0. The van der Waals surface area contributed by atoms with Crippen molar-refractivity contribution in [2.45, 2.75) is 6.61 Å². The Morgan fingerprint density at radius 3 is 2.54 bits per heavy atom. The van der Waals surface area contributed by atoms with E-state index in [-0.39, 0.29) is 5.96 Å². The summed E-state index contributed by atoms with van der Waals surface area (Å²) < 4.78 is 11.0. The highest BCUT2D eigenvalue weighted by atomic mass is 16.5. The fraction of sp³-hybridized carbons (Fsp3) is 0.100. The van der Waals surface area contributed by atoms with Gasteiger partial charge in [-0.25, -0.2) is 4.98 Å². The van der Waals surface area contributed by atoms with Gasteiger partial charge in [0.25, 0.3) is 0 Å². The summed E-state index contributed by atoms with van der Waals surface area (Å²) in [6.45, 7) is 0.393. The molecular formula is C20H20N4O2. The van der Waals surface area contributed by atoms with Crippen LogP contribution in [0.25, 0.3) is 0 Å². The molecular weight excluding hydrogens is 328 g/mol. The third-order valence-corrected chi connectivity index (χ3v) is 3.58. The van der Waals surface area contributed by atoms with Crippen LogP contribution in [0.2, 0.25) is 0 Å². The van der Waals surface area contributed by atoms with Gasteiger partial charge in [0, 0.05) is 11.9 Å². The second-order valence-corrected chi connectivity index (χ2v) is 5.45. The number of nitrogens with one attached hydrogen (secondary N) is 1. The van der Waals surface area contributed by atoms with Gasteiger partial charge < -0.3 is 20.5 Å². The number of methoxy groups -OCH3 is 1. The first-order valence-electron chi connectivity index (χ1n) is 8.11. The smallest absolute Gasteiger partial charge is 0.200 e. The number of nitrogens with zero attached hydrogens (tertiary/aromatic N) is 2. The zero-order valence-corrected chi connectivity index (χ0v) is 14.4. The molecule has 3 aromatic rings. The molecule has 0 fully saturated rings. The van der Waals surface area contributed by atoms with Gasteiger partial charge in [0.15, 0.2) is 17.5 Å². The van der Waals surface area contributed by atoms with Crippen molar-refractivity contribution in [3.63, 3.8) is 0 Å². The van der Waals surface area contributed by atoms with Crippen LogP contribution in [-0.4, -0.2) is 18.1 Å². The van der Waals surface area contributed by atoms with Crippen molar-refractivity contribution in [2.75, 3.05) is 12.4 Å². The van der Waals surface area contributed by atoms with Gasteiger partial charge in [-0.2, -0.15) is 4.99 Å². The van der Waals surface area contributed by atoms with Crippen molar-refractivity contribution < 1.29 is 9.47 Å². The van der Waals surface area contributed by atoms with Crippen LogP contribution in [0.5, 0.6) is 11.5 Å². The van der Waals surface area contributed by atoms with E-state index >= 15 is 0 Å². The molecule has 3 N–H and O–H groups in total. The first-order valence-corrected chi connectivity index (χ1v) is 8.11. The first-order chi connectivity index (χ1) is 12.7. The van der Waals surface area contributed by atoms with Gasteiger partial charge in [0.1, 0.15) is 12.4 Å². The van der Waals surface area contributed by atoms with E-state index in [9.17, 15) is 0 Å². The van der Waals surface area contributed by atoms with E-state index in [1.807, 2.05) is 60.7 Å². The van der Waals surface area contributed by atoms with E-state index in [1.54, 1.807) is 19.4 Å².